The number of rotatable bonds is 3. The second kappa shape index (κ2) is 4.27. The minimum atomic E-state index is -0.754. The summed E-state index contributed by atoms with van der Waals surface area (Å²) in [6.45, 7) is 1.29. The van der Waals surface area contributed by atoms with Crippen molar-refractivity contribution in [3.63, 3.8) is 0 Å². The van der Waals surface area contributed by atoms with E-state index in [1.165, 1.54) is 0 Å². The van der Waals surface area contributed by atoms with Crippen LogP contribution in [-0.2, 0) is 11.2 Å². The van der Waals surface area contributed by atoms with Crippen molar-refractivity contribution >= 4 is 11.8 Å². The zero-order chi connectivity index (χ0) is 11.5. The molecule has 4 N–H and O–H groups in total. The number of nitrogens with two attached hydrogens (primary N) is 1. The van der Waals surface area contributed by atoms with Crippen LogP contribution in [-0.4, -0.2) is 41.1 Å². The van der Waals surface area contributed by atoms with E-state index in [-0.39, 0.29) is 24.0 Å². The van der Waals surface area contributed by atoms with Crippen LogP contribution in [0.2, 0.25) is 0 Å². The Morgan fingerprint density at radius 2 is 2.38 bits per heavy atom. The van der Waals surface area contributed by atoms with Crippen LogP contribution in [0.3, 0.4) is 0 Å². The van der Waals surface area contributed by atoms with Gasteiger partial charge in [0, 0.05) is 13.1 Å². The van der Waals surface area contributed by atoms with E-state index >= 15 is 0 Å². The monoisotopic (exact) mass is 225 g/mol. The number of primary amides is 1. The van der Waals surface area contributed by atoms with E-state index in [4.69, 9.17) is 10.3 Å². The molecule has 0 aliphatic carbocycles. The predicted octanol–water partition coefficient (Wildman–Crippen LogP) is -2.20. The topological polar surface area (TPSA) is 123 Å². The molecule has 1 aromatic heterocycles. The van der Waals surface area contributed by atoms with Crippen molar-refractivity contribution in [3.8, 4) is 0 Å². The summed E-state index contributed by atoms with van der Waals surface area (Å²) < 4.78 is 4.80. The van der Waals surface area contributed by atoms with Crippen LogP contribution in [0.4, 0.5) is 0 Å². The van der Waals surface area contributed by atoms with Crippen molar-refractivity contribution < 1.29 is 14.1 Å². The zero-order valence-corrected chi connectivity index (χ0v) is 8.40. The molecule has 0 spiro atoms. The van der Waals surface area contributed by atoms with Crippen LogP contribution < -0.4 is 16.4 Å². The molecule has 16 heavy (non-hydrogen) atoms. The SMILES string of the molecule is NC(=O)c1noc(CC2NCCNC2=O)n1. The largest absolute Gasteiger partial charge is 0.363 e. The maximum atomic E-state index is 11.4. The summed E-state index contributed by atoms with van der Waals surface area (Å²) in [6.07, 6.45) is 0.242. The first-order chi connectivity index (χ1) is 7.66. The molecule has 2 rings (SSSR count). The highest BCUT2D eigenvalue weighted by Gasteiger charge is 2.24. The van der Waals surface area contributed by atoms with Crippen LogP contribution >= 0.6 is 0 Å². The van der Waals surface area contributed by atoms with E-state index in [0.717, 1.165) is 0 Å². The molecule has 2 amide bonds. The van der Waals surface area contributed by atoms with Gasteiger partial charge in [0.1, 0.15) is 0 Å². The van der Waals surface area contributed by atoms with Gasteiger partial charge in [0.2, 0.25) is 11.8 Å². The van der Waals surface area contributed by atoms with Crippen molar-refractivity contribution in [1.29, 1.82) is 0 Å². The second-order valence-corrected chi connectivity index (χ2v) is 3.38. The first-order valence-corrected chi connectivity index (χ1v) is 4.80. The van der Waals surface area contributed by atoms with Gasteiger partial charge in [-0.2, -0.15) is 4.98 Å². The number of nitrogens with one attached hydrogen (secondary N) is 2. The van der Waals surface area contributed by atoms with Gasteiger partial charge in [-0.3, -0.25) is 9.59 Å². The fourth-order valence-corrected chi connectivity index (χ4v) is 1.43. The molecule has 1 aromatic rings. The predicted molar refractivity (Wildman–Crippen MR) is 51.3 cm³/mol. The normalized spacial score (nSPS) is 20.5. The van der Waals surface area contributed by atoms with E-state index in [9.17, 15) is 9.59 Å². The van der Waals surface area contributed by atoms with Crippen LogP contribution in [0, 0.1) is 0 Å². The molecule has 1 unspecified atom stereocenters. The van der Waals surface area contributed by atoms with E-state index in [2.05, 4.69) is 20.8 Å². The molecule has 1 aliphatic rings. The third-order valence-corrected chi connectivity index (χ3v) is 2.20. The summed E-state index contributed by atoms with van der Waals surface area (Å²) in [4.78, 5) is 25.9. The lowest BCUT2D eigenvalue weighted by molar-refractivity contribution is -0.124. The van der Waals surface area contributed by atoms with Gasteiger partial charge in [0.05, 0.1) is 12.5 Å². The fraction of sp³-hybridized carbons (Fsp3) is 0.500. The Bertz CT molecular complexity index is 416. The van der Waals surface area contributed by atoms with Crippen molar-refractivity contribution in [1.82, 2.24) is 20.8 Å². The Morgan fingerprint density at radius 3 is 3.00 bits per heavy atom. The van der Waals surface area contributed by atoms with Crippen molar-refractivity contribution in [3.05, 3.63) is 11.7 Å². The molecule has 0 saturated carbocycles. The van der Waals surface area contributed by atoms with Crippen LogP contribution in [0.5, 0.6) is 0 Å². The van der Waals surface area contributed by atoms with Crippen molar-refractivity contribution in [2.24, 2.45) is 5.73 Å². The number of amides is 2. The smallest absolute Gasteiger partial charge is 0.290 e. The minimum absolute atomic E-state index is 0.120. The standard InChI is InChI=1S/C8H11N5O3/c9-6(14)7-12-5(16-13-7)3-4-8(15)11-2-1-10-4/h4,10H,1-3H2,(H2,9,14)(H,11,15). The Balaban J connectivity index is 2.02. The summed E-state index contributed by atoms with van der Waals surface area (Å²) in [6, 6.07) is -0.407. The van der Waals surface area contributed by atoms with Gasteiger partial charge in [-0.1, -0.05) is 5.16 Å². The number of carbonyl (C=O) groups excluding carboxylic acids is 2. The lowest BCUT2D eigenvalue weighted by atomic mass is 10.1. The Labute approximate surface area is 90.6 Å². The van der Waals surface area contributed by atoms with Crippen LogP contribution in [0.15, 0.2) is 4.52 Å². The first kappa shape index (κ1) is 10.6. The molecule has 1 aliphatic heterocycles. The molecule has 8 nitrogen and oxygen atoms in total. The van der Waals surface area contributed by atoms with E-state index in [1.54, 1.807) is 0 Å². The molecular formula is C8H11N5O3. The van der Waals surface area contributed by atoms with Gasteiger partial charge < -0.3 is 20.9 Å². The lowest BCUT2D eigenvalue weighted by Crippen LogP contribution is -2.53. The highest BCUT2D eigenvalue weighted by Crippen LogP contribution is 2.03. The van der Waals surface area contributed by atoms with Gasteiger partial charge >= 0.3 is 0 Å². The second-order valence-electron chi connectivity index (χ2n) is 3.38. The molecule has 0 bridgehead atoms. The highest BCUT2D eigenvalue weighted by molar-refractivity contribution is 5.88. The van der Waals surface area contributed by atoms with Gasteiger partial charge in [-0.05, 0) is 0 Å². The number of carbonyl (C=O) groups is 2. The highest BCUT2D eigenvalue weighted by atomic mass is 16.5. The number of hydrogen-bond donors (Lipinski definition) is 3. The summed E-state index contributed by atoms with van der Waals surface area (Å²) in [5.41, 5.74) is 4.97. The molecule has 1 saturated heterocycles. The average molecular weight is 225 g/mol. The van der Waals surface area contributed by atoms with Crippen LogP contribution in [0.25, 0.3) is 0 Å². The van der Waals surface area contributed by atoms with Crippen LogP contribution in [0.1, 0.15) is 16.5 Å². The number of piperazine rings is 1. The summed E-state index contributed by atoms with van der Waals surface area (Å²) >= 11 is 0. The van der Waals surface area contributed by atoms with E-state index in [0.29, 0.717) is 13.1 Å². The van der Waals surface area contributed by atoms with E-state index in [1.807, 2.05) is 0 Å². The number of hydrogen-bond acceptors (Lipinski definition) is 6. The third-order valence-electron chi connectivity index (χ3n) is 2.20. The minimum Gasteiger partial charge on any atom is -0.363 e. The third kappa shape index (κ3) is 2.16. The first-order valence-electron chi connectivity index (χ1n) is 4.80. The molecule has 0 aromatic carbocycles. The average Bonchev–Trinajstić information content (AvgIpc) is 2.70. The Morgan fingerprint density at radius 1 is 1.56 bits per heavy atom. The molecule has 1 fully saturated rings. The zero-order valence-electron chi connectivity index (χ0n) is 8.40. The summed E-state index contributed by atoms with van der Waals surface area (Å²) in [5.74, 6) is -0.837. The van der Waals surface area contributed by atoms with E-state index < -0.39 is 11.9 Å². The number of nitrogens with zero attached hydrogens (tertiary/aromatic N) is 2. The molecule has 1 atom stereocenters. The Hall–Kier alpha value is -1.96. The Kier molecular flexibility index (Phi) is 2.82. The maximum Gasteiger partial charge on any atom is 0.290 e. The van der Waals surface area contributed by atoms with Gasteiger partial charge in [0.15, 0.2) is 0 Å². The quantitative estimate of drug-likeness (QED) is 0.536. The molecule has 86 valence electrons. The molecular weight excluding hydrogens is 214 g/mol. The number of aromatic nitrogens is 2. The van der Waals surface area contributed by atoms with Crippen molar-refractivity contribution in [2.75, 3.05) is 13.1 Å². The molecule has 8 heteroatoms. The van der Waals surface area contributed by atoms with Gasteiger partial charge in [-0.25, -0.2) is 0 Å². The van der Waals surface area contributed by atoms with Gasteiger partial charge in [0.25, 0.3) is 11.7 Å². The summed E-state index contributed by atoms with van der Waals surface area (Å²) in [7, 11) is 0. The maximum absolute atomic E-state index is 11.4. The van der Waals surface area contributed by atoms with Gasteiger partial charge in [-0.15, -0.1) is 0 Å². The lowest BCUT2D eigenvalue weighted by Gasteiger charge is -2.21. The van der Waals surface area contributed by atoms with Crippen molar-refractivity contribution in [2.45, 2.75) is 12.5 Å². The molecule has 2 heterocycles. The molecule has 0 radical (unpaired) electrons. The summed E-state index contributed by atoms with van der Waals surface area (Å²) in [5, 5.41) is 9.08. The fourth-order valence-electron chi connectivity index (χ4n) is 1.43.